The largest absolute Gasteiger partial charge is 0.493 e. The molecule has 2 unspecified atom stereocenters. The summed E-state index contributed by atoms with van der Waals surface area (Å²) in [6, 6.07) is 7.03. The maximum absolute atomic E-state index is 5.86. The molecule has 1 aliphatic rings. The van der Waals surface area contributed by atoms with Crippen LogP contribution in [0.4, 0.5) is 0 Å². The maximum atomic E-state index is 5.86. The fourth-order valence-electron chi connectivity index (χ4n) is 2.83. The number of rotatable bonds is 4. The minimum Gasteiger partial charge on any atom is -0.493 e. The standard InChI is InChI=1S/C16H20BrN3O/c1-12(10-20-7-6-18-11-20)19-15-3-2-8-21-16-9-13(17)4-5-14(15)16/h4-7,9,11-12,15,19H,2-3,8,10H2,1H3. The van der Waals surface area contributed by atoms with E-state index in [0.717, 1.165) is 36.2 Å². The lowest BCUT2D eigenvalue weighted by Crippen LogP contribution is -2.33. The van der Waals surface area contributed by atoms with Gasteiger partial charge in [0.25, 0.3) is 0 Å². The Morgan fingerprint density at radius 1 is 1.52 bits per heavy atom. The molecule has 2 heterocycles. The van der Waals surface area contributed by atoms with E-state index in [0.29, 0.717) is 12.1 Å². The van der Waals surface area contributed by atoms with Crippen LogP contribution in [-0.2, 0) is 6.54 Å². The third-order valence-electron chi connectivity index (χ3n) is 3.78. The Morgan fingerprint density at radius 3 is 3.24 bits per heavy atom. The second-order valence-electron chi connectivity index (χ2n) is 5.55. The van der Waals surface area contributed by atoms with Crippen LogP contribution >= 0.6 is 15.9 Å². The van der Waals surface area contributed by atoms with Crippen molar-refractivity contribution in [3.8, 4) is 5.75 Å². The van der Waals surface area contributed by atoms with Crippen LogP contribution in [0.2, 0.25) is 0 Å². The monoisotopic (exact) mass is 349 g/mol. The minimum atomic E-state index is 0.342. The molecule has 0 fully saturated rings. The number of hydrogen-bond acceptors (Lipinski definition) is 3. The molecule has 3 rings (SSSR count). The van der Waals surface area contributed by atoms with Gasteiger partial charge in [0.15, 0.2) is 0 Å². The molecule has 1 aromatic heterocycles. The number of halogens is 1. The molecule has 2 atom stereocenters. The molecular weight excluding hydrogens is 330 g/mol. The smallest absolute Gasteiger partial charge is 0.125 e. The zero-order chi connectivity index (χ0) is 14.7. The average molecular weight is 350 g/mol. The molecule has 0 saturated carbocycles. The van der Waals surface area contributed by atoms with E-state index in [1.54, 1.807) is 0 Å². The first kappa shape index (κ1) is 14.6. The van der Waals surface area contributed by atoms with Crippen LogP contribution in [0.15, 0.2) is 41.4 Å². The van der Waals surface area contributed by atoms with Gasteiger partial charge >= 0.3 is 0 Å². The number of hydrogen-bond donors (Lipinski definition) is 1. The predicted molar refractivity (Wildman–Crippen MR) is 86.4 cm³/mol. The number of nitrogens with one attached hydrogen (secondary N) is 1. The van der Waals surface area contributed by atoms with Crippen molar-refractivity contribution in [3.05, 3.63) is 47.0 Å². The average Bonchev–Trinajstić information content (AvgIpc) is 2.87. The van der Waals surface area contributed by atoms with Crippen LogP contribution in [0.5, 0.6) is 5.75 Å². The van der Waals surface area contributed by atoms with Gasteiger partial charge in [0.2, 0.25) is 0 Å². The zero-order valence-electron chi connectivity index (χ0n) is 12.1. The van der Waals surface area contributed by atoms with Crippen LogP contribution in [0.3, 0.4) is 0 Å². The summed E-state index contributed by atoms with van der Waals surface area (Å²) in [7, 11) is 0. The molecule has 4 nitrogen and oxygen atoms in total. The van der Waals surface area contributed by atoms with Crippen LogP contribution in [0, 0.1) is 0 Å². The summed E-state index contributed by atoms with van der Waals surface area (Å²) >= 11 is 3.52. The third kappa shape index (κ3) is 3.66. The number of nitrogens with zero attached hydrogens (tertiary/aromatic N) is 2. The van der Waals surface area contributed by atoms with Gasteiger partial charge in [-0.1, -0.05) is 22.0 Å². The summed E-state index contributed by atoms with van der Waals surface area (Å²) in [5.41, 5.74) is 1.26. The normalized spacial score (nSPS) is 19.4. The van der Waals surface area contributed by atoms with Crippen LogP contribution < -0.4 is 10.1 Å². The highest BCUT2D eigenvalue weighted by atomic mass is 79.9. The lowest BCUT2D eigenvalue weighted by molar-refractivity contribution is 0.313. The van der Waals surface area contributed by atoms with Gasteiger partial charge in [-0.25, -0.2) is 4.98 Å². The lowest BCUT2D eigenvalue weighted by Gasteiger charge is -2.23. The van der Waals surface area contributed by atoms with Gasteiger partial charge < -0.3 is 14.6 Å². The molecule has 0 saturated heterocycles. The van der Waals surface area contributed by atoms with E-state index in [9.17, 15) is 0 Å². The Bertz CT molecular complexity index is 585. The number of imidazole rings is 1. The second-order valence-corrected chi connectivity index (χ2v) is 6.47. The molecule has 1 aromatic carbocycles. The number of aromatic nitrogens is 2. The van der Waals surface area contributed by atoms with Crippen molar-refractivity contribution in [3.63, 3.8) is 0 Å². The van der Waals surface area contributed by atoms with Crippen LogP contribution in [0.25, 0.3) is 0 Å². The van der Waals surface area contributed by atoms with E-state index in [4.69, 9.17) is 4.74 Å². The molecule has 5 heteroatoms. The van der Waals surface area contributed by atoms with E-state index < -0.39 is 0 Å². The van der Waals surface area contributed by atoms with Crippen molar-refractivity contribution >= 4 is 15.9 Å². The van der Waals surface area contributed by atoms with E-state index in [1.165, 1.54) is 5.56 Å². The van der Waals surface area contributed by atoms with Gasteiger partial charge in [0.1, 0.15) is 5.75 Å². The Balaban J connectivity index is 1.73. The summed E-state index contributed by atoms with van der Waals surface area (Å²) < 4.78 is 9.03. The van der Waals surface area contributed by atoms with Gasteiger partial charge in [-0.2, -0.15) is 0 Å². The summed E-state index contributed by atoms with van der Waals surface area (Å²) in [5, 5.41) is 3.73. The Labute approximate surface area is 133 Å². The van der Waals surface area contributed by atoms with Gasteiger partial charge in [0, 0.05) is 41.1 Å². The summed E-state index contributed by atoms with van der Waals surface area (Å²) in [6.07, 6.45) is 7.85. The fraction of sp³-hybridized carbons (Fsp3) is 0.438. The lowest BCUT2D eigenvalue weighted by atomic mass is 10.0. The van der Waals surface area contributed by atoms with E-state index in [-0.39, 0.29) is 0 Å². The third-order valence-corrected chi connectivity index (χ3v) is 4.27. The molecular formula is C16H20BrN3O. The van der Waals surface area contributed by atoms with Crippen molar-refractivity contribution in [1.29, 1.82) is 0 Å². The van der Waals surface area contributed by atoms with E-state index in [2.05, 4.69) is 55.9 Å². The molecule has 1 N–H and O–H groups in total. The van der Waals surface area contributed by atoms with Crippen LogP contribution in [0.1, 0.15) is 31.4 Å². The first-order valence-corrected chi connectivity index (χ1v) is 8.16. The van der Waals surface area contributed by atoms with Crippen molar-refractivity contribution in [2.24, 2.45) is 0 Å². The van der Waals surface area contributed by atoms with Gasteiger partial charge in [0.05, 0.1) is 12.9 Å². The quantitative estimate of drug-likeness (QED) is 0.917. The molecule has 112 valence electrons. The molecule has 0 bridgehead atoms. The highest BCUT2D eigenvalue weighted by Gasteiger charge is 2.21. The summed E-state index contributed by atoms with van der Waals surface area (Å²) in [5.74, 6) is 0.995. The highest BCUT2D eigenvalue weighted by molar-refractivity contribution is 9.10. The van der Waals surface area contributed by atoms with E-state index in [1.807, 2.05) is 18.7 Å². The van der Waals surface area contributed by atoms with Gasteiger partial charge in [-0.15, -0.1) is 0 Å². The molecule has 2 aromatic rings. The minimum absolute atomic E-state index is 0.342. The predicted octanol–water partition coefficient (Wildman–Crippen LogP) is 3.54. The zero-order valence-corrected chi connectivity index (χ0v) is 13.7. The molecule has 0 amide bonds. The fourth-order valence-corrected chi connectivity index (χ4v) is 3.17. The Morgan fingerprint density at radius 2 is 2.43 bits per heavy atom. The summed E-state index contributed by atoms with van der Waals surface area (Å²) in [6.45, 7) is 3.92. The number of benzene rings is 1. The molecule has 0 radical (unpaired) electrons. The van der Waals surface area contributed by atoms with Crippen molar-refractivity contribution in [1.82, 2.24) is 14.9 Å². The van der Waals surface area contributed by atoms with Gasteiger partial charge in [-0.05, 0) is 31.9 Å². The van der Waals surface area contributed by atoms with Crippen LogP contribution in [-0.4, -0.2) is 22.2 Å². The number of ether oxygens (including phenoxy) is 1. The Hall–Kier alpha value is -1.33. The summed E-state index contributed by atoms with van der Waals surface area (Å²) in [4.78, 5) is 4.09. The first-order valence-electron chi connectivity index (χ1n) is 7.36. The number of fused-ring (bicyclic) bond motifs is 1. The van der Waals surface area contributed by atoms with Gasteiger partial charge in [-0.3, -0.25) is 0 Å². The topological polar surface area (TPSA) is 39.1 Å². The highest BCUT2D eigenvalue weighted by Crippen LogP contribution is 2.33. The molecule has 0 spiro atoms. The Kier molecular flexibility index (Phi) is 4.60. The SMILES string of the molecule is CC(Cn1ccnc1)NC1CCCOc2cc(Br)ccc21. The van der Waals surface area contributed by atoms with Crippen molar-refractivity contribution in [2.75, 3.05) is 6.61 Å². The molecule has 0 aliphatic carbocycles. The molecule has 21 heavy (non-hydrogen) atoms. The second kappa shape index (κ2) is 6.62. The first-order chi connectivity index (χ1) is 10.2. The maximum Gasteiger partial charge on any atom is 0.125 e. The molecule has 1 aliphatic heterocycles. The van der Waals surface area contributed by atoms with E-state index >= 15 is 0 Å². The van der Waals surface area contributed by atoms with Crippen molar-refractivity contribution < 1.29 is 4.74 Å². The van der Waals surface area contributed by atoms with Crippen molar-refractivity contribution in [2.45, 2.75) is 38.4 Å².